The lowest BCUT2D eigenvalue weighted by molar-refractivity contribution is -0.155. The molecule has 4 nitrogen and oxygen atoms in total. The minimum Gasteiger partial charge on any atom is -0.468 e. The van der Waals surface area contributed by atoms with Crippen molar-refractivity contribution in [3.05, 3.63) is 11.8 Å². The van der Waals surface area contributed by atoms with Crippen molar-refractivity contribution in [1.29, 1.82) is 0 Å². The van der Waals surface area contributed by atoms with Crippen LogP contribution in [0.1, 0.15) is 12.6 Å². The fourth-order valence-corrected chi connectivity index (χ4v) is 1.07. The van der Waals surface area contributed by atoms with E-state index in [0.29, 0.717) is 0 Å². The lowest BCUT2D eigenvalue weighted by Gasteiger charge is -2.11. The average Bonchev–Trinajstić information content (AvgIpc) is 2.32. The number of alkyl halides is 6. The fraction of sp³-hybridized carbons (Fsp3) is 0.600. The van der Waals surface area contributed by atoms with Gasteiger partial charge in [-0.25, -0.2) is 4.98 Å². The maximum absolute atomic E-state index is 12.0. The Labute approximate surface area is 109 Å². The summed E-state index contributed by atoms with van der Waals surface area (Å²) in [7, 11) is 0. The van der Waals surface area contributed by atoms with E-state index in [4.69, 9.17) is 0 Å². The van der Waals surface area contributed by atoms with Crippen molar-refractivity contribution < 1.29 is 35.8 Å². The molecule has 0 unspecified atom stereocenters. The van der Waals surface area contributed by atoms with Gasteiger partial charge in [-0.15, -0.1) is 0 Å². The third-order valence-corrected chi connectivity index (χ3v) is 1.85. The molecule has 0 N–H and O–H groups in total. The van der Waals surface area contributed by atoms with Gasteiger partial charge in [-0.3, -0.25) is 0 Å². The molecule has 114 valence electrons. The predicted molar refractivity (Wildman–Crippen MR) is 54.5 cm³/mol. The molecule has 0 bridgehead atoms. The van der Waals surface area contributed by atoms with Crippen molar-refractivity contribution in [3.8, 4) is 11.9 Å². The van der Waals surface area contributed by atoms with Crippen molar-refractivity contribution >= 4 is 0 Å². The lowest BCUT2D eigenvalue weighted by atomic mass is 10.3. The number of hydrogen-bond acceptors (Lipinski definition) is 4. The first-order chi connectivity index (χ1) is 9.09. The second-order valence-corrected chi connectivity index (χ2v) is 3.64. The second-order valence-electron chi connectivity index (χ2n) is 3.64. The van der Waals surface area contributed by atoms with Crippen LogP contribution in [0, 0.1) is 0 Å². The zero-order valence-electron chi connectivity index (χ0n) is 10.2. The molecule has 1 heterocycles. The summed E-state index contributed by atoms with van der Waals surface area (Å²) in [6, 6.07) is 0.422. The summed E-state index contributed by atoms with van der Waals surface area (Å²) in [6.45, 7) is -1.63. The van der Waals surface area contributed by atoms with Gasteiger partial charge in [-0.2, -0.15) is 31.3 Å². The quantitative estimate of drug-likeness (QED) is 0.785. The molecule has 0 saturated heterocycles. The van der Waals surface area contributed by atoms with Gasteiger partial charge >= 0.3 is 18.4 Å². The standard InChI is InChI=1S/C10H10F6N2O2/c1-2-6-3-7(19-4-9(11,12)13)18-8(17-6)20-5-10(14,15)16/h3H,2,4-5H2,1H3. The van der Waals surface area contributed by atoms with Crippen LogP contribution in [0.2, 0.25) is 0 Å². The molecule has 20 heavy (non-hydrogen) atoms. The van der Waals surface area contributed by atoms with E-state index in [2.05, 4.69) is 19.4 Å². The topological polar surface area (TPSA) is 44.2 Å². The van der Waals surface area contributed by atoms with E-state index in [9.17, 15) is 26.3 Å². The minimum absolute atomic E-state index is 0.203. The summed E-state index contributed by atoms with van der Waals surface area (Å²) < 4.78 is 80.5. The second kappa shape index (κ2) is 6.14. The summed E-state index contributed by atoms with van der Waals surface area (Å²) in [5.41, 5.74) is 0.203. The van der Waals surface area contributed by atoms with Crippen molar-refractivity contribution in [2.75, 3.05) is 13.2 Å². The molecule has 0 aromatic carbocycles. The summed E-state index contributed by atoms with van der Waals surface area (Å²) in [6.07, 6.45) is -8.91. The molecule has 0 saturated carbocycles. The van der Waals surface area contributed by atoms with Gasteiger partial charge in [0, 0.05) is 6.07 Å². The molecule has 0 atom stereocenters. The highest BCUT2D eigenvalue weighted by Gasteiger charge is 2.30. The Hall–Kier alpha value is -1.74. The molecule has 10 heteroatoms. The first-order valence-corrected chi connectivity index (χ1v) is 5.36. The first-order valence-electron chi connectivity index (χ1n) is 5.36. The molecule has 0 aliphatic rings. The van der Waals surface area contributed by atoms with Gasteiger partial charge in [0.1, 0.15) is 0 Å². The third-order valence-electron chi connectivity index (χ3n) is 1.85. The van der Waals surface area contributed by atoms with Crippen molar-refractivity contribution in [3.63, 3.8) is 0 Å². The Balaban J connectivity index is 2.80. The van der Waals surface area contributed by atoms with Crippen LogP contribution >= 0.6 is 0 Å². The molecule has 1 aromatic rings. The van der Waals surface area contributed by atoms with Gasteiger partial charge in [0.15, 0.2) is 13.2 Å². The number of aromatic nitrogens is 2. The Morgan fingerprint density at radius 3 is 2.00 bits per heavy atom. The van der Waals surface area contributed by atoms with Gasteiger partial charge < -0.3 is 9.47 Å². The Morgan fingerprint density at radius 1 is 0.950 bits per heavy atom. The highest BCUT2D eigenvalue weighted by Crippen LogP contribution is 2.21. The van der Waals surface area contributed by atoms with Crippen LogP contribution in [-0.4, -0.2) is 35.5 Å². The molecule has 1 rings (SSSR count). The van der Waals surface area contributed by atoms with Crippen molar-refractivity contribution in [1.82, 2.24) is 9.97 Å². The SMILES string of the molecule is CCc1cc(OCC(F)(F)F)nc(OCC(F)(F)F)n1. The Bertz CT molecular complexity index is 410. The molecule has 1 aromatic heterocycles. The Kier molecular flexibility index (Phi) is 5.01. The maximum atomic E-state index is 12.0. The first kappa shape index (κ1) is 16.3. The summed E-state index contributed by atoms with van der Waals surface area (Å²) in [5, 5.41) is 0. The number of hydrogen-bond donors (Lipinski definition) is 0. The van der Waals surface area contributed by atoms with Gasteiger partial charge in [0.05, 0.1) is 5.69 Å². The van der Waals surface area contributed by atoms with E-state index >= 15 is 0 Å². The summed E-state index contributed by atoms with van der Waals surface area (Å²) >= 11 is 0. The number of nitrogens with zero attached hydrogens (tertiary/aromatic N) is 2. The van der Waals surface area contributed by atoms with Crippen LogP contribution in [-0.2, 0) is 6.42 Å². The van der Waals surface area contributed by atoms with E-state index in [-0.39, 0.29) is 12.1 Å². The zero-order valence-corrected chi connectivity index (χ0v) is 10.2. The van der Waals surface area contributed by atoms with Crippen LogP contribution in [0.3, 0.4) is 0 Å². The molecule has 0 radical (unpaired) electrons. The lowest BCUT2D eigenvalue weighted by Crippen LogP contribution is -2.21. The van der Waals surface area contributed by atoms with E-state index in [0.717, 1.165) is 6.07 Å². The fourth-order valence-electron chi connectivity index (χ4n) is 1.07. The number of ether oxygens (including phenoxy) is 2. The average molecular weight is 304 g/mol. The van der Waals surface area contributed by atoms with Gasteiger partial charge in [0.25, 0.3) is 0 Å². The van der Waals surface area contributed by atoms with E-state index in [1.54, 1.807) is 6.92 Å². The number of halogens is 6. The van der Waals surface area contributed by atoms with Crippen LogP contribution in [0.5, 0.6) is 11.9 Å². The van der Waals surface area contributed by atoms with Gasteiger partial charge in [0.2, 0.25) is 5.88 Å². The normalized spacial score (nSPS) is 12.3. The minimum atomic E-state index is -4.60. The third kappa shape index (κ3) is 6.43. The van der Waals surface area contributed by atoms with Gasteiger partial charge in [-0.05, 0) is 6.42 Å². The van der Waals surface area contributed by atoms with Crippen LogP contribution in [0.15, 0.2) is 6.07 Å². The largest absolute Gasteiger partial charge is 0.468 e. The van der Waals surface area contributed by atoms with Crippen LogP contribution in [0.4, 0.5) is 26.3 Å². The maximum Gasteiger partial charge on any atom is 0.422 e. The summed E-state index contributed by atoms with van der Waals surface area (Å²) in [4.78, 5) is 6.94. The summed E-state index contributed by atoms with van der Waals surface area (Å²) in [5.74, 6) is -0.494. The highest BCUT2D eigenvalue weighted by atomic mass is 19.4. The molecule has 0 amide bonds. The number of rotatable bonds is 5. The smallest absolute Gasteiger partial charge is 0.422 e. The molecule has 0 aliphatic heterocycles. The van der Waals surface area contributed by atoms with Gasteiger partial charge in [-0.1, -0.05) is 6.92 Å². The van der Waals surface area contributed by atoms with Crippen molar-refractivity contribution in [2.24, 2.45) is 0 Å². The van der Waals surface area contributed by atoms with Crippen molar-refractivity contribution in [2.45, 2.75) is 25.7 Å². The predicted octanol–water partition coefficient (Wildman–Crippen LogP) is 2.92. The van der Waals surface area contributed by atoms with E-state index in [1.165, 1.54) is 0 Å². The monoisotopic (exact) mass is 304 g/mol. The Morgan fingerprint density at radius 2 is 1.50 bits per heavy atom. The molecule has 0 fully saturated rings. The molecule has 0 spiro atoms. The highest BCUT2D eigenvalue weighted by molar-refractivity contribution is 5.18. The molecular weight excluding hydrogens is 294 g/mol. The number of aryl methyl sites for hydroxylation is 1. The molecule has 0 aliphatic carbocycles. The van der Waals surface area contributed by atoms with Crippen LogP contribution < -0.4 is 9.47 Å². The van der Waals surface area contributed by atoms with E-state index < -0.39 is 37.5 Å². The van der Waals surface area contributed by atoms with Crippen LogP contribution in [0.25, 0.3) is 0 Å². The van der Waals surface area contributed by atoms with E-state index in [1.807, 2.05) is 0 Å². The molecular formula is C10H10F6N2O2. The zero-order chi connectivity index (χ0) is 15.4.